The number of nitrogens with one attached hydrogen (secondary N) is 1. The Morgan fingerprint density at radius 3 is 2.31 bits per heavy atom. The SMILES string of the molecule is CCOS(=O)(=O)O.Nc1n[nH]c(C(=O)O)n1. The van der Waals surface area contributed by atoms with Crippen LogP contribution in [-0.4, -0.2) is 45.8 Å². The number of H-pyrrole nitrogens is 1. The maximum Gasteiger partial charge on any atom is 0.397 e. The summed E-state index contributed by atoms with van der Waals surface area (Å²) >= 11 is 0. The highest BCUT2D eigenvalue weighted by Gasteiger charge is 2.05. The van der Waals surface area contributed by atoms with Crippen molar-refractivity contribution in [3.63, 3.8) is 0 Å². The van der Waals surface area contributed by atoms with E-state index in [1.54, 1.807) is 0 Å². The molecule has 1 rings (SSSR count). The van der Waals surface area contributed by atoms with Gasteiger partial charge < -0.3 is 10.8 Å². The van der Waals surface area contributed by atoms with Gasteiger partial charge in [0.25, 0.3) is 0 Å². The summed E-state index contributed by atoms with van der Waals surface area (Å²) in [6, 6.07) is 0. The highest BCUT2D eigenvalue weighted by molar-refractivity contribution is 7.80. The topological polar surface area (TPSA) is 168 Å². The molecule has 0 saturated carbocycles. The third kappa shape index (κ3) is 6.69. The van der Waals surface area contributed by atoms with E-state index in [0.29, 0.717) is 0 Å². The largest absolute Gasteiger partial charge is 0.475 e. The molecule has 10 nitrogen and oxygen atoms in total. The number of nitrogen functional groups attached to an aromatic ring is 1. The van der Waals surface area contributed by atoms with Crippen LogP contribution in [0, 0.1) is 0 Å². The van der Waals surface area contributed by atoms with Crippen molar-refractivity contribution < 1.29 is 27.1 Å². The number of aromatic amines is 1. The third-order valence-electron chi connectivity index (χ3n) is 0.972. The Labute approximate surface area is 90.4 Å². The van der Waals surface area contributed by atoms with Crippen LogP contribution in [0.15, 0.2) is 0 Å². The molecule has 0 aliphatic heterocycles. The van der Waals surface area contributed by atoms with Gasteiger partial charge >= 0.3 is 16.4 Å². The zero-order valence-corrected chi connectivity index (χ0v) is 8.93. The molecule has 92 valence electrons. The molecule has 11 heteroatoms. The first-order chi connectivity index (χ1) is 7.26. The molecular formula is C5H10N4O6S. The molecule has 0 amide bonds. The van der Waals surface area contributed by atoms with Gasteiger partial charge in [0, 0.05) is 0 Å². The van der Waals surface area contributed by atoms with Crippen LogP contribution in [0.4, 0.5) is 5.95 Å². The van der Waals surface area contributed by atoms with E-state index < -0.39 is 16.4 Å². The van der Waals surface area contributed by atoms with Crippen molar-refractivity contribution >= 4 is 22.3 Å². The summed E-state index contributed by atoms with van der Waals surface area (Å²) in [5.74, 6) is -1.47. The second kappa shape index (κ2) is 5.99. The van der Waals surface area contributed by atoms with Crippen LogP contribution >= 0.6 is 0 Å². The number of nitrogens with two attached hydrogens (primary N) is 1. The normalized spacial score (nSPS) is 10.4. The molecule has 0 fully saturated rings. The molecule has 0 unspecified atom stereocenters. The van der Waals surface area contributed by atoms with Crippen molar-refractivity contribution in [1.29, 1.82) is 0 Å². The Hall–Kier alpha value is -1.72. The summed E-state index contributed by atoms with van der Waals surface area (Å²) in [6.07, 6.45) is 0. The molecule has 0 aromatic carbocycles. The van der Waals surface area contributed by atoms with Crippen LogP contribution in [0.25, 0.3) is 0 Å². The Balaban J connectivity index is 0.000000293. The number of carboxylic acids is 1. The molecule has 1 heterocycles. The monoisotopic (exact) mass is 254 g/mol. The second-order valence-corrected chi connectivity index (χ2v) is 3.27. The van der Waals surface area contributed by atoms with Crippen LogP contribution in [0.5, 0.6) is 0 Å². The van der Waals surface area contributed by atoms with Crippen molar-refractivity contribution in [3.05, 3.63) is 5.82 Å². The van der Waals surface area contributed by atoms with Gasteiger partial charge in [-0.3, -0.25) is 9.65 Å². The van der Waals surface area contributed by atoms with Crippen LogP contribution in [0.2, 0.25) is 0 Å². The fourth-order valence-electron chi connectivity index (χ4n) is 0.519. The maximum absolute atomic E-state index is 10.0. The Kier molecular flexibility index (Phi) is 5.35. The van der Waals surface area contributed by atoms with Crippen molar-refractivity contribution in [3.8, 4) is 0 Å². The van der Waals surface area contributed by atoms with Gasteiger partial charge in [-0.2, -0.15) is 13.4 Å². The van der Waals surface area contributed by atoms with Crippen molar-refractivity contribution in [2.24, 2.45) is 0 Å². The van der Waals surface area contributed by atoms with E-state index in [0.717, 1.165) is 0 Å². The average molecular weight is 254 g/mol. The van der Waals surface area contributed by atoms with E-state index in [1.165, 1.54) is 6.92 Å². The minimum absolute atomic E-state index is 0.0289. The fraction of sp³-hybridized carbons (Fsp3) is 0.400. The molecule has 0 aliphatic carbocycles. The standard InChI is InChI=1S/C3H4N4O2.C2H6O4S/c4-3-5-1(2(8)9)6-7-3;1-2-6-7(3,4)5/h(H,8,9)(H3,4,5,6,7);2H2,1H3,(H,3,4,5). The van der Waals surface area contributed by atoms with Crippen LogP contribution in [-0.2, 0) is 14.6 Å². The number of carboxylic acid groups (broad SMARTS) is 1. The first kappa shape index (κ1) is 14.3. The average Bonchev–Trinajstić information content (AvgIpc) is 2.50. The summed E-state index contributed by atoms with van der Waals surface area (Å²) in [7, 11) is -4.17. The van der Waals surface area contributed by atoms with Crippen molar-refractivity contribution in [2.45, 2.75) is 6.92 Å². The first-order valence-corrected chi connectivity index (χ1v) is 5.15. The van der Waals surface area contributed by atoms with E-state index in [1.807, 2.05) is 0 Å². The Bertz CT molecular complexity index is 440. The van der Waals surface area contributed by atoms with Crippen molar-refractivity contribution in [1.82, 2.24) is 15.2 Å². The number of aromatic nitrogens is 3. The number of nitrogens with zero attached hydrogens (tertiary/aromatic N) is 2. The molecule has 0 bridgehead atoms. The highest BCUT2D eigenvalue weighted by atomic mass is 32.3. The van der Waals surface area contributed by atoms with Crippen LogP contribution in [0.1, 0.15) is 17.5 Å². The van der Waals surface area contributed by atoms with Crippen LogP contribution < -0.4 is 5.73 Å². The summed E-state index contributed by atoms with van der Waals surface area (Å²) in [4.78, 5) is 13.3. The summed E-state index contributed by atoms with van der Waals surface area (Å²) in [6.45, 7) is 1.44. The molecule has 5 N–H and O–H groups in total. The van der Waals surface area contributed by atoms with Gasteiger partial charge in [-0.25, -0.2) is 8.98 Å². The lowest BCUT2D eigenvalue weighted by Crippen LogP contribution is -2.01. The molecule has 0 aliphatic rings. The fourth-order valence-corrected chi connectivity index (χ4v) is 0.817. The van der Waals surface area contributed by atoms with E-state index >= 15 is 0 Å². The lowest BCUT2D eigenvalue weighted by Gasteiger charge is -1.88. The Morgan fingerprint density at radius 1 is 1.62 bits per heavy atom. The number of hydrogen-bond acceptors (Lipinski definition) is 7. The van der Waals surface area contributed by atoms with E-state index in [4.69, 9.17) is 15.4 Å². The summed E-state index contributed by atoms with van der Waals surface area (Å²) < 4.78 is 30.7. The number of aromatic carboxylic acids is 1. The van der Waals surface area contributed by atoms with Gasteiger partial charge in [0.05, 0.1) is 6.61 Å². The maximum atomic E-state index is 10.0. The predicted octanol–water partition coefficient (Wildman–Crippen LogP) is -1.09. The smallest absolute Gasteiger partial charge is 0.397 e. The Morgan fingerprint density at radius 2 is 2.19 bits per heavy atom. The molecule has 1 aromatic heterocycles. The minimum atomic E-state index is -4.17. The summed E-state index contributed by atoms with van der Waals surface area (Å²) in [5, 5.41) is 13.6. The lowest BCUT2D eigenvalue weighted by molar-refractivity contribution is 0.0684. The third-order valence-corrected chi connectivity index (χ3v) is 1.51. The summed E-state index contributed by atoms with van der Waals surface area (Å²) in [5.41, 5.74) is 5.00. The van der Waals surface area contributed by atoms with Gasteiger partial charge in [-0.05, 0) is 6.92 Å². The minimum Gasteiger partial charge on any atom is -0.475 e. The van der Waals surface area contributed by atoms with Gasteiger partial charge in [-0.1, -0.05) is 0 Å². The first-order valence-electron chi connectivity index (χ1n) is 3.79. The van der Waals surface area contributed by atoms with E-state index in [9.17, 15) is 13.2 Å². The van der Waals surface area contributed by atoms with Gasteiger partial charge in [0.1, 0.15) is 0 Å². The molecule has 0 radical (unpaired) electrons. The van der Waals surface area contributed by atoms with Crippen LogP contribution in [0.3, 0.4) is 0 Å². The molecule has 16 heavy (non-hydrogen) atoms. The molecule has 0 atom stereocenters. The number of anilines is 1. The predicted molar refractivity (Wildman–Crippen MR) is 50.9 cm³/mol. The number of hydrogen-bond donors (Lipinski definition) is 4. The zero-order chi connectivity index (χ0) is 12.8. The number of carbonyl (C=O) groups is 1. The highest BCUT2D eigenvalue weighted by Crippen LogP contribution is 1.90. The second-order valence-electron chi connectivity index (χ2n) is 2.18. The van der Waals surface area contributed by atoms with E-state index in [-0.39, 0.29) is 18.4 Å². The van der Waals surface area contributed by atoms with Gasteiger partial charge in [0.2, 0.25) is 11.8 Å². The lowest BCUT2D eigenvalue weighted by atomic mass is 10.6. The quantitative estimate of drug-likeness (QED) is 0.489. The molecule has 0 spiro atoms. The van der Waals surface area contributed by atoms with Gasteiger partial charge in [-0.15, -0.1) is 5.10 Å². The zero-order valence-electron chi connectivity index (χ0n) is 8.11. The molecular weight excluding hydrogens is 244 g/mol. The molecule has 1 aromatic rings. The number of rotatable bonds is 3. The van der Waals surface area contributed by atoms with Crippen molar-refractivity contribution in [2.75, 3.05) is 12.3 Å². The van der Waals surface area contributed by atoms with E-state index in [2.05, 4.69) is 19.4 Å². The molecule has 0 saturated heterocycles. The van der Waals surface area contributed by atoms with Gasteiger partial charge in [0.15, 0.2) is 0 Å².